The van der Waals surface area contributed by atoms with Crippen LogP contribution in [0.4, 0.5) is 0 Å². The highest BCUT2D eigenvalue weighted by atomic mass is 16.5. The van der Waals surface area contributed by atoms with Gasteiger partial charge in [0.2, 0.25) is 0 Å². The lowest BCUT2D eigenvalue weighted by Gasteiger charge is -2.31. The summed E-state index contributed by atoms with van der Waals surface area (Å²) in [4.78, 5) is 62.3. The minimum Gasteiger partial charge on any atom is -0.466 e. The Morgan fingerprint density at radius 1 is 0.824 bits per heavy atom. The first kappa shape index (κ1) is 23.4. The van der Waals surface area contributed by atoms with Crippen molar-refractivity contribution in [1.29, 1.82) is 0 Å². The van der Waals surface area contributed by atoms with E-state index in [1.54, 1.807) is 24.3 Å². The molecule has 1 atom stereocenters. The molecule has 2 aromatic rings. The van der Waals surface area contributed by atoms with E-state index >= 15 is 0 Å². The number of benzene rings is 2. The predicted molar refractivity (Wildman–Crippen MR) is 119 cm³/mol. The molecule has 0 N–H and O–H groups in total. The monoisotopic (exact) mass is 464 g/mol. The van der Waals surface area contributed by atoms with Gasteiger partial charge in [-0.1, -0.05) is 24.3 Å². The second-order valence-corrected chi connectivity index (χ2v) is 8.49. The summed E-state index contributed by atoms with van der Waals surface area (Å²) in [5.74, 6) is -2.39. The third-order valence-corrected chi connectivity index (χ3v) is 6.11. The average Bonchev–Trinajstić information content (AvgIpc) is 2.78. The van der Waals surface area contributed by atoms with E-state index in [0.717, 1.165) is 0 Å². The van der Waals surface area contributed by atoms with E-state index in [1.165, 1.54) is 20.8 Å². The summed E-state index contributed by atoms with van der Waals surface area (Å²) < 4.78 is 16.2. The molecular formula is C26H24O8. The normalized spacial score (nSPS) is 16.1. The number of rotatable bonds is 5. The van der Waals surface area contributed by atoms with Crippen molar-refractivity contribution in [2.45, 2.75) is 46.5 Å². The van der Waals surface area contributed by atoms with Crippen molar-refractivity contribution in [2.24, 2.45) is 5.92 Å². The lowest BCUT2D eigenvalue weighted by Crippen LogP contribution is -2.28. The third kappa shape index (κ3) is 4.23. The predicted octanol–water partition coefficient (Wildman–Crippen LogP) is 3.37. The summed E-state index contributed by atoms with van der Waals surface area (Å²) in [7, 11) is 0. The van der Waals surface area contributed by atoms with Crippen LogP contribution in [0.3, 0.4) is 0 Å². The number of esters is 3. The van der Waals surface area contributed by atoms with Crippen molar-refractivity contribution in [3.05, 3.63) is 57.6 Å². The van der Waals surface area contributed by atoms with E-state index in [1.807, 2.05) is 0 Å². The minimum atomic E-state index is -0.634. The number of carbonyl (C=O) groups is 5. The average molecular weight is 464 g/mol. The van der Waals surface area contributed by atoms with Crippen molar-refractivity contribution in [3.63, 3.8) is 0 Å². The van der Waals surface area contributed by atoms with E-state index in [-0.39, 0.29) is 52.2 Å². The molecule has 2 aliphatic carbocycles. The fourth-order valence-electron chi connectivity index (χ4n) is 4.73. The van der Waals surface area contributed by atoms with Gasteiger partial charge in [-0.25, -0.2) is 0 Å². The maximum Gasteiger partial charge on any atom is 0.308 e. The molecule has 0 saturated heterocycles. The highest BCUT2D eigenvalue weighted by Gasteiger charge is 2.41. The summed E-state index contributed by atoms with van der Waals surface area (Å²) in [5.41, 5.74) is 1.43. The smallest absolute Gasteiger partial charge is 0.308 e. The van der Waals surface area contributed by atoms with E-state index < -0.39 is 23.5 Å². The largest absolute Gasteiger partial charge is 0.466 e. The van der Waals surface area contributed by atoms with Crippen molar-refractivity contribution in [1.82, 2.24) is 0 Å². The molecule has 176 valence electrons. The zero-order valence-corrected chi connectivity index (χ0v) is 19.2. The summed E-state index contributed by atoms with van der Waals surface area (Å²) in [6.45, 7) is 4.03. The molecule has 0 fully saturated rings. The van der Waals surface area contributed by atoms with E-state index in [4.69, 9.17) is 14.2 Å². The van der Waals surface area contributed by atoms with Gasteiger partial charge in [-0.15, -0.1) is 0 Å². The maximum absolute atomic E-state index is 13.6. The highest BCUT2D eigenvalue weighted by molar-refractivity contribution is 6.30. The Morgan fingerprint density at radius 3 is 1.85 bits per heavy atom. The number of carbonyl (C=O) groups excluding carboxylic acids is 5. The molecular weight excluding hydrogens is 440 g/mol. The van der Waals surface area contributed by atoms with E-state index in [2.05, 4.69) is 0 Å². The van der Waals surface area contributed by atoms with Gasteiger partial charge < -0.3 is 14.2 Å². The number of hydrogen-bond acceptors (Lipinski definition) is 8. The minimum absolute atomic E-state index is 0.0402. The molecule has 0 amide bonds. The molecule has 0 spiro atoms. The maximum atomic E-state index is 13.6. The van der Waals surface area contributed by atoms with Gasteiger partial charge in [-0.3, -0.25) is 24.0 Å². The van der Waals surface area contributed by atoms with Gasteiger partial charge in [0, 0.05) is 43.0 Å². The van der Waals surface area contributed by atoms with Crippen LogP contribution in [-0.2, 0) is 32.0 Å². The first-order valence-electron chi connectivity index (χ1n) is 11.1. The van der Waals surface area contributed by atoms with E-state index in [9.17, 15) is 24.0 Å². The lowest BCUT2D eigenvalue weighted by molar-refractivity contribution is -0.141. The van der Waals surface area contributed by atoms with Crippen LogP contribution in [0.15, 0.2) is 24.3 Å². The molecule has 2 aliphatic rings. The number of ether oxygens (including phenoxy) is 3. The van der Waals surface area contributed by atoms with E-state index in [0.29, 0.717) is 36.8 Å². The number of ketones is 2. The molecule has 0 aliphatic heterocycles. The molecule has 0 bridgehead atoms. The Labute approximate surface area is 196 Å². The van der Waals surface area contributed by atoms with Gasteiger partial charge in [0.25, 0.3) is 0 Å². The van der Waals surface area contributed by atoms with Gasteiger partial charge in [-0.2, -0.15) is 0 Å². The topological polar surface area (TPSA) is 113 Å². The Balaban J connectivity index is 1.92. The fourth-order valence-corrected chi connectivity index (χ4v) is 4.73. The quantitative estimate of drug-likeness (QED) is 0.417. The van der Waals surface area contributed by atoms with Crippen LogP contribution < -0.4 is 9.47 Å². The first-order valence-corrected chi connectivity index (χ1v) is 11.1. The van der Waals surface area contributed by atoms with Crippen LogP contribution >= 0.6 is 0 Å². The van der Waals surface area contributed by atoms with Crippen molar-refractivity contribution >= 4 is 29.5 Å². The van der Waals surface area contributed by atoms with Gasteiger partial charge in [0.05, 0.1) is 17.7 Å². The molecule has 8 nitrogen and oxygen atoms in total. The van der Waals surface area contributed by atoms with Gasteiger partial charge in [0.1, 0.15) is 11.5 Å². The Hall–Kier alpha value is -3.81. The fraction of sp³-hybridized carbons (Fsp3) is 0.346. The molecule has 0 heterocycles. The molecule has 0 aromatic heterocycles. The standard InChI is InChI=1S/C26H24O8/c1-13(27)32-11-10-16-8-9-19-20(12-16)26(34-15(3)29)22-21(25(19)33-14(2)28)23(30)17-6-4-5-7-18(17)24(22)31/h4-7,16H,8-12H2,1-3H3. The van der Waals surface area contributed by atoms with Crippen LogP contribution in [0, 0.1) is 5.92 Å². The van der Waals surface area contributed by atoms with Crippen molar-refractivity contribution in [3.8, 4) is 11.5 Å². The molecule has 2 aromatic carbocycles. The number of fused-ring (bicyclic) bond motifs is 3. The lowest BCUT2D eigenvalue weighted by atomic mass is 9.75. The van der Waals surface area contributed by atoms with Crippen LogP contribution in [0.2, 0.25) is 0 Å². The van der Waals surface area contributed by atoms with Crippen LogP contribution in [0.25, 0.3) is 0 Å². The van der Waals surface area contributed by atoms with Gasteiger partial charge >= 0.3 is 17.9 Å². The van der Waals surface area contributed by atoms with Crippen molar-refractivity contribution < 1.29 is 38.2 Å². The summed E-state index contributed by atoms with van der Waals surface area (Å²) >= 11 is 0. The van der Waals surface area contributed by atoms with Crippen LogP contribution in [0.5, 0.6) is 11.5 Å². The molecule has 0 radical (unpaired) electrons. The molecule has 4 rings (SSSR count). The molecule has 8 heteroatoms. The zero-order chi connectivity index (χ0) is 24.6. The highest BCUT2D eigenvalue weighted by Crippen LogP contribution is 2.47. The van der Waals surface area contributed by atoms with Gasteiger partial charge in [0.15, 0.2) is 11.6 Å². The summed E-state index contributed by atoms with van der Waals surface area (Å²) in [6, 6.07) is 6.39. The zero-order valence-electron chi connectivity index (χ0n) is 19.2. The summed E-state index contributed by atoms with van der Waals surface area (Å²) in [6.07, 6.45) is 2.10. The Kier molecular flexibility index (Phi) is 6.32. The Morgan fingerprint density at radius 2 is 1.35 bits per heavy atom. The van der Waals surface area contributed by atoms with Crippen LogP contribution in [0.1, 0.15) is 76.6 Å². The molecule has 1 unspecified atom stereocenters. The first-order chi connectivity index (χ1) is 16.2. The SMILES string of the molecule is CC(=O)OCCC1CCc2c(c(OC(C)=O)c3c(c2OC(C)=O)C(=O)c2ccccc2C3=O)C1. The van der Waals surface area contributed by atoms with Crippen LogP contribution in [-0.4, -0.2) is 36.1 Å². The second kappa shape index (κ2) is 9.21. The van der Waals surface area contributed by atoms with Crippen molar-refractivity contribution in [2.75, 3.05) is 6.61 Å². The third-order valence-electron chi connectivity index (χ3n) is 6.11. The molecule has 0 saturated carbocycles. The molecule has 34 heavy (non-hydrogen) atoms. The summed E-state index contributed by atoms with van der Waals surface area (Å²) in [5, 5.41) is 0. The second-order valence-electron chi connectivity index (χ2n) is 8.49. The number of hydrogen-bond donors (Lipinski definition) is 0. The Bertz CT molecular complexity index is 1240. The van der Waals surface area contributed by atoms with Gasteiger partial charge in [-0.05, 0) is 31.6 Å².